The number of rotatable bonds is 6. The van der Waals surface area contributed by atoms with E-state index in [1.54, 1.807) is 0 Å². The highest BCUT2D eigenvalue weighted by atomic mass is 19.4. The Kier molecular flexibility index (Phi) is 5.74. The number of hydrogen-bond donors (Lipinski definition) is 0. The van der Waals surface area contributed by atoms with E-state index in [1.165, 1.54) is 0 Å². The summed E-state index contributed by atoms with van der Waals surface area (Å²) in [5.74, 6) is -30.0. The van der Waals surface area contributed by atoms with Gasteiger partial charge in [-0.15, -0.1) is 0 Å². The molecule has 0 bridgehead atoms. The Bertz CT molecular complexity index is 454. The molecule has 0 saturated carbocycles. The molecule has 15 heteroatoms. The standard InChI is InChI=1S/C10H7F15/c1-2-3-4(11,12)6(14,15)8(18,19)7(16,17)5(13,9(20,21)22)10(23,24)25/h2-3H2,1H3. The third-order valence-corrected chi connectivity index (χ3v) is 3.03. The normalized spacial score (nSPS) is 16.3. The van der Waals surface area contributed by atoms with Crippen molar-refractivity contribution in [3.8, 4) is 0 Å². The van der Waals surface area contributed by atoms with Crippen molar-refractivity contribution in [3.05, 3.63) is 0 Å². The van der Waals surface area contributed by atoms with Crippen LogP contribution in [0.4, 0.5) is 65.9 Å². The van der Waals surface area contributed by atoms with Crippen molar-refractivity contribution >= 4 is 0 Å². The SMILES string of the molecule is CCCC(F)(F)C(F)(F)C(F)(F)C(F)(F)C(F)(C(F)(F)F)C(F)(F)F. The van der Waals surface area contributed by atoms with Crippen LogP contribution in [0.25, 0.3) is 0 Å². The van der Waals surface area contributed by atoms with E-state index in [0.29, 0.717) is 6.92 Å². The van der Waals surface area contributed by atoms with Gasteiger partial charge in [-0.05, 0) is 0 Å². The predicted molar refractivity (Wildman–Crippen MR) is 50.6 cm³/mol. The minimum atomic E-state index is -8.32. The number of halogens is 15. The maximum absolute atomic E-state index is 13.1. The number of hydrogen-bond acceptors (Lipinski definition) is 0. The van der Waals surface area contributed by atoms with Crippen LogP contribution in [0.5, 0.6) is 0 Å². The zero-order valence-corrected chi connectivity index (χ0v) is 11.6. The Labute approximate surface area is 129 Å². The zero-order chi connectivity index (χ0) is 20.9. The summed E-state index contributed by atoms with van der Waals surface area (Å²) < 4.78 is 190. The second-order valence-corrected chi connectivity index (χ2v) is 4.83. The van der Waals surface area contributed by atoms with Gasteiger partial charge in [0.2, 0.25) is 0 Å². The predicted octanol–water partition coefficient (Wildman–Crippen LogP) is 6.16. The lowest BCUT2D eigenvalue weighted by Crippen LogP contribution is -2.75. The van der Waals surface area contributed by atoms with E-state index in [4.69, 9.17) is 0 Å². The van der Waals surface area contributed by atoms with Gasteiger partial charge in [0, 0.05) is 6.42 Å². The van der Waals surface area contributed by atoms with Crippen molar-refractivity contribution in [2.24, 2.45) is 0 Å². The van der Waals surface area contributed by atoms with E-state index in [0.717, 1.165) is 0 Å². The van der Waals surface area contributed by atoms with Crippen LogP contribution in [0.15, 0.2) is 0 Å². The average Bonchev–Trinajstić information content (AvgIpc) is 2.33. The summed E-state index contributed by atoms with van der Waals surface area (Å²) in [5, 5.41) is 0. The Balaban J connectivity index is 6.64. The van der Waals surface area contributed by atoms with Gasteiger partial charge in [-0.3, -0.25) is 0 Å². The number of alkyl halides is 15. The molecule has 0 aromatic heterocycles. The van der Waals surface area contributed by atoms with Gasteiger partial charge in [0.25, 0.3) is 0 Å². The van der Waals surface area contributed by atoms with Gasteiger partial charge in [-0.25, -0.2) is 4.39 Å². The van der Waals surface area contributed by atoms with Gasteiger partial charge in [0.05, 0.1) is 0 Å². The monoisotopic (exact) mass is 412 g/mol. The molecule has 0 radical (unpaired) electrons. The molecule has 0 saturated heterocycles. The van der Waals surface area contributed by atoms with Gasteiger partial charge in [-0.2, -0.15) is 61.5 Å². The lowest BCUT2D eigenvalue weighted by Gasteiger charge is -2.43. The largest absolute Gasteiger partial charge is 0.438 e. The molecule has 0 unspecified atom stereocenters. The smallest absolute Gasteiger partial charge is 0.216 e. The van der Waals surface area contributed by atoms with Crippen LogP contribution in [0.2, 0.25) is 0 Å². The molecule has 0 N–H and O–H groups in total. The Morgan fingerprint density at radius 2 is 0.800 bits per heavy atom. The Morgan fingerprint density at radius 1 is 0.480 bits per heavy atom. The molecular weight excluding hydrogens is 405 g/mol. The maximum Gasteiger partial charge on any atom is 0.438 e. The van der Waals surface area contributed by atoms with Gasteiger partial charge >= 0.3 is 41.7 Å². The van der Waals surface area contributed by atoms with Crippen molar-refractivity contribution in [1.29, 1.82) is 0 Å². The Hall–Kier alpha value is -1.05. The van der Waals surface area contributed by atoms with Crippen molar-refractivity contribution in [3.63, 3.8) is 0 Å². The first-order valence-electron chi connectivity index (χ1n) is 5.90. The van der Waals surface area contributed by atoms with Crippen LogP contribution >= 0.6 is 0 Å². The highest BCUT2D eigenvalue weighted by molar-refractivity contribution is 5.16. The molecule has 0 rings (SSSR count). The third-order valence-electron chi connectivity index (χ3n) is 3.03. The molecule has 25 heavy (non-hydrogen) atoms. The molecule has 0 fully saturated rings. The fourth-order valence-electron chi connectivity index (χ4n) is 1.63. The van der Waals surface area contributed by atoms with E-state index in [1.807, 2.05) is 0 Å². The zero-order valence-electron chi connectivity index (χ0n) is 11.6. The molecule has 0 atom stereocenters. The highest BCUT2D eigenvalue weighted by Gasteiger charge is 2.95. The van der Waals surface area contributed by atoms with Crippen molar-refractivity contribution in [1.82, 2.24) is 0 Å². The van der Waals surface area contributed by atoms with Crippen molar-refractivity contribution in [2.45, 2.75) is 61.5 Å². The third kappa shape index (κ3) is 3.11. The van der Waals surface area contributed by atoms with Crippen molar-refractivity contribution < 1.29 is 65.9 Å². The molecule has 0 aliphatic carbocycles. The first-order chi connectivity index (χ1) is 10.6. The summed E-state index contributed by atoms with van der Waals surface area (Å²) in [6, 6.07) is 0. The molecule has 0 nitrogen and oxygen atoms in total. The summed E-state index contributed by atoms with van der Waals surface area (Å²) in [6.45, 7) is 0.644. The molecule has 0 aliphatic heterocycles. The van der Waals surface area contributed by atoms with E-state index in [-0.39, 0.29) is 0 Å². The van der Waals surface area contributed by atoms with Crippen LogP contribution in [0, 0.1) is 0 Å². The second kappa shape index (κ2) is 5.99. The lowest BCUT2D eigenvalue weighted by molar-refractivity contribution is -0.457. The maximum atomic E-state index is 13.1. The summed E-state index contributed by atoms with van der Waals surface area (Å²) >= 11 is 0. The van der Waals surface area contributed by atoms with Crippen LogP contribution in [0.1, 0.15) is 19.8 Å². The minimum absolute atomic E-state index is 0.644. The molecule has 0 amide bonds. The summed E-state index contributed by atoms with van der Waals surface area (Å²) in [4.78, 5) is 0. The summed E-state index contributed by atoms with van der Waals surface area (Å²) in [6.07, 6.45) is -19.2. The van der Waals surface area contributed by atoms with E-state index >= 15 is 0 Å². The summed E-state index contributed by atoms with van der Waals surface area (Å²) in [7, 11) is 0. The van der Waals surface area contributed by atoms with Crippen LogP contribution in [0.3, 0.4) is 0 Å². The topological polar surface area (TPSA) is 0 Å². The summed E-state index contributed by atoms with van der Waals surface area (Å²) in [5.41, 5.74) is -8.22. The quantitative estimate of drug-likeness (QED) is 0.459. The fraction of sp³-hybridized carbons (Fsp3) is 1.00. The van der Waals surface area contributed by atoms with E-state index < -0.39 is 54.6 Å². The molecule has 0 aromatic carbocycles. The molecule has 0 spiro atoms. The second-order valence-electron chi connectivity index (χ2n) is 4.83. The molecule has 0 heterocycles. The molecular formula is C10H7F15. The van der Waals surface area contributed by atoms with Gasteiger partial charge in [0.1, 0.15) is 0 Å². The van der Waals surface area contributed by atoms with Crippen LogP contribution in [-0.4, -0.2) is 41.7 Å². The van der Waals surface area contributed by atoms with Gasteiger partial charge < -0.3 is 0 Å². The first-order valence-corrected chi connectivity index (χ1v) is 5.90. The van der Waals surface area contributed by atoms with Gasteiger partial charge in [-0.1, -0.05) is 13.3 Å². The fourth-order valence-corrected chi connectivity index (χ4v) is 1.63. The molecule has 0 aliphatic rings. The molecule has 0 aromatic rings. The molecule has 152 valence electrons. The first kappa shape index (κ1) is 23.9. The van der Waals surface area contributed by atoms with E-state index in [9.17, 15) is 65.9 Å². The Morgan fingerprint density at radius 3 is 1.04 bits per heavy atom. The lowest BCUT2D eigenvalue weighted by atomic mass is 9.85. The van der Waals surface area contributed by atoms with Gasteiger partial charge in [0.15, 0.2) is 0 Å². The average molecular weight is 412 g/mol. The highest BCUT2D eigenvalue weighted by Crippen LogP contribution is 2.64. The minimum Gasteiger partial charge on any atom is -0.216 e. The van der Waals surface area contributed by atoms with E-state index in [2.05, 4.69) is 0 Å². The van der Waals surface area contributed by atoms with Crippen LogP contribution < -0.4 is 0 Å². The van der Waals surface area contributed by atoms with Crippen molar-refractivity contribution in [2.75, 3.05) is 0 Å². The van der Waals surface area contributed by atoms with Crippen LogP contribution in [-0.2, 0) is 0 Å².